The molecule has 0 bridgehead atoms. The maximum Gasteiger partial charge on any atom is 0.295 e. The highest BCUT2D eigenvalue weighted by Crippen LogP contribution is 2.39. The van der Waals surface area contributed by atoms with Crippen LogP contribution in [0.15, 0.2) is 58.8 Å². The molecule has 1 saturated heterocycles. The Balaban J connectivity index is 1.99. The Morgan fingerprint density at radius 1 is 1.24 bits per heavy atom. The van der Waals surface area contributed by atoms with E-state index in [2.05, 4.69) is 20.9 Å². The Hall–Kier alpha value is -2.51. The fourth-order valence-electron chi connectivity index (χ4n) is 3.31. The van der Waals surface area contributed by atoms with Crippen LogP contribution in [0.3, 0.4) is 0 Å². The molecular weight excluding hydrogens is 436 g/mol. The highest BCUT2D eigenvalue weighted by Gasteiger charge is 2.45. The van der Waals surface area contributed by atoms with E-state index in [-0.39, 0.29) is 17.4 Å². The van der Waals surface area contributed by atoms with E-state index in [1.54, 1.807) is 48.8 Å². The molecule has 0 unspecified atom stereocenters. The smallest absolute Gasteiger partial charge is 0.295 e. The number of ketones is 1. The summed E-state index contributed by atoms with van der Waals surface area (Å²) in [6.07, 6.45) is 3.92. The Morgan fingerprint density at radius 3 is 2.59 bits per heavy atom. The average molecular weight is 459 g/mol. The summed E-state index contributed by atoms with van der Waals surface area (Å²) in [5, 5.41) is 10.9. The molecule has 1 aliphatic heterocycles. The van der Waals surface area contributed by atoms with Crippen molar-refractivity contribution in [3.63, 3.8) is 0 Å². The molecule has 0 saturated carbocycles. The molecule has 1 fully saturated rings. The topological polar surface area (TPSA) is 79.7 Å². The van der Waals surface area contributed by atoms with Gasteiger partial charge < -0.3 is 14.7 Å². The van der Waals surface area contributed by atoms with Crippen molar-refractivity contribution in [3.05, 3.63) is 70.0 Å². The average Bonchev–Trinajstić information content (AvgIpc) is 2.96. The number of benzene rings is 1. The molecule has 0 spiro atoms. The molecule has 29 heavy (non-hydrogen) atoms. The monoisotopic (exact) mass is 458 g/mol. The summed E-state index contributed by atoms with van der Waals surface area (Å²) in [4.78, 5) is 31.3. The van der Waals surface area contributed by atoms with Gasteiger partial charge in [-0.1, -0.05) is 34.1 Å². The van der Waals surface area contributed by atoms with Gasteiger partial charge in [0, 0.05) is 35.6 Å². The quantitative estimate of drug-likeness (QED) is 0.292. The summed E-state index contributed by atoms with van der Waals surface area (Å²) in [5.41, 5.74) is 1.23. The molecule has 2 aromatic rings. The van der Waals surface area contributed by atoms with Crippen LogP contribution in [0.25, 0.3) is 5.76 Å². The normalized spacial score (nSPS) is 18.6. The van der Waals surface area contributed by atoms with E-state index in [0.717, 1.165) is 4.47 Å². The zero-order chi connectivity index (χ0) is 21.0. The zero-order valence-corrected chi connectivity index (χ0v) is 17.9. The number of ether oxygens (including phenoxy) is 1. The highest BCUT2D eigenvalue weighted by molar-refractivity contribution is 9.10. The first-order valence-corrected chi connectivity index (χ1v) is 10.3. The van der Waals surface area contributed by atoms with Crippen molar-refractivity contribution in [1.82, 2.24) is 9.88 Å². The van der Waals surface area contributed by atoms with Gasteiger partial charge in [-0.15, -0.1) is 0 Å². The second-order valence-electron chi connectivity index (χ2n) is 7.06. The lowest BCUT2D eigenvalue weighted by Gasteiger charge is -2.25. The SMILES string of the molecule is CC(C)OCCCN1C(=O)C(=O)C(=C(O)c2ccc(Br)cc2)[C@@H]1c1cccnc1. The maximum absolute atomic E-state index is 12.9. The van der Waals surface area contributed by atoms with Crippen LogP contribution < -0.4 is 0 Å². The van der Waals surface area contributed by atoms with E-state index in [9.17, 15) is 14.7 Å². The summed E-state index contributed by atoms with van der Waals surface area (Å²) in [7, 11) is 0. The van der Waals surface area contributed by atoms with Crippen LogP contribution >= 0.6 is 15.9 Å². The molecule has 0 aliphatic carbocycles. The molecule has 1 aromatic heterocycles. The largest absolute Gasteiger partial charge is 0.507 e. The van der Waals surface area contributed by atoms with Crippen LogP contribution in [0.2, 0.25) is 0 Å². The number of pyridine rings is 1. The van der Waals surface area contributed by atoms with E-state index in [0.29, 0.717) is 30.7 Å². The highest BCUT2D eigenvalue weighted by atomic mass is 79.9. The molecule has 3 rings (SSSR count). The van der Waals surface area contributed by atoms with Gasteiger partial charge in [0.05, 0.1) is 17.7 Å². The third-order valence-electron chi connectivity index (χ3n) is 4.65. The number of aromatic nitrogens is 1. The molecule has 1 amide bonds. The number of amides is 1. The Morgan fingerprint density at radius 2 is 1.97 bits per heavy atom. The summed E-state index contributed by atoms with van der Waals surface area (Å²) in [6, 6.07) is 9.80. The fraction of sp³-hybridized carbons (Fsp3) is 0.318. The van der Waals surface area contributed by atoms with Crippen LogP contribution in [-0.2, 0) is 14.3 Å². The molecule has 2 heterocycles. The van der Waals surface area contributed by atoms with Crippen LogP contribution in [0, 0.1) is 0 Å². The number of aliphatic hydroxyl groups excluding tert-OH is 1. The van der Waals surface area contributed by atoms with E-state index in [1.807, 2.05) is 13.8 Å². The molecule has 7 heteroatoms. The van der Waals surface area contributed by atoms with E-state index >= 15 is 0 Å². The molecule has 1 aliphatic rings. The van der Waals surface area contributed by atoms with Crippen LogP contribution in [0.1, 0.15) is 37.4 Å². The lowest BCUT2D eigenvalue weighted by molar-refractivity contribution is -0.140. The van der Waals surface area contributed by atoms with Crippen molar-refractivity contribution >= 4 is 33.4 Å². The summed E-state index contributed by atoms with van der Waals surface area (Å²) < 4.78 is 6.41. The van der Waals surface area contributed by atoms with Crippen LogP contribution in [0.5, 0.6) is 0 Å². The van der Waals surface area contributed by atoms with E-state index < -0.39 is 17.7 Å². The molecule has 1 N–H and O–H groups in total. The Kier molecular flexibility index (Phi) is 6.82. The number of halogens is 1. The van der Waals surface area contributed by atoms with Gasteiger partial charge in [-0.2, -0.15) is 0 Å². The van der Waals surface area contributed by atoms with Gasteiger partial charge in [-0.3, -0.25) is 14.6 Å². The molecule has 6 nitrogen and oxygen atoms in total. The fourth-order valence-corrected chi connectivity index (χ4v) is 3.58. The number of hydrogen-bond donors (Lipinski definition) is 1. The van der Waals surface area contributed by atoms with Crippen molar-refractivity contribution in [2.24, 2.45) is 0 Å². The van der Waals surface area contributed by atoms with Crippen molar-refractivity contribution in [3.8, 4) is 0 Å². The van der Waals surface area contributed by atoms with Gasteiger partial charge in [0.2, 0.25) is 0 Å². The summed E-state index contributed by atoms with van der Waals surface area (Å²) in [6.45, 7) is 4.71. The first-order valence-electron chi connectivity index (χ1n) is 9.46. The lowest BCUT2D eigenvalue weighted by Crippen LogP contribution is -2.31. The third kappa shape index (κ3) is 4.74. The summed E-state index contributed by atoms with van der Waals surface area (Å²) >= 11 is 3.36. The predicted octanol–water partition coefficient (Wildman–Crippen LogP) is 4.08. The lowest BCUT2D eigenvalue weighted by atomic mass is 9.96. The van der Waals surface area contributed by atoms with Crippen molar-refractivity contribution in [2.45, 2.75) is 32.4 Å². The second kappa shape index (κ2) is 9.33. The number of rotatable bonds is 7. The maximum atomic E-state index is 12.9. The minimum atomic E-state index is -0.691. The van der Waals surface area contributed by atoms with E-state index in [4.69, 9.17) is 4.74 Å². The Labute approximate surface area is 178 Å². The minimum Gasteiger partial charge on any atom is -0.507 e. The first-order chi connectivity index (χ1) is 13.9. The van der Waals surface area contributed by atoms with Crippen molar-refractivity contribution in [1.29, 1.82) is 0 Å². The van der Waals surface area contributed by atoms with Gasteiger partial charge in [0.25, 0.3) is 11.7 Å². The predicted molar refractivity (Wildman–Crippen MR) is 113 cm³/mol. The standard InChI is InChI=1S/C22H23BrN2O4/c1-14(2)29-12-4-11-25-19(16-5-3-10-24-13-16)18(21(27)22(25)28)20(26)15-6-8-17(23)9-7-15/h3,5-10,13-14,19,26H,4,11-12H2,1-2H3/t19-/m0/s1. The van der Waals surface area contributed by atoms with Gasteiger partial charge in [0.1, 0.15) is 5.76 Å². The molecule has 152 valence electrons. The second-order valence-corrected chi connectivity index (χ2v) is 7.97. The first kappa shape index (κ1) is 21.2. The third-order valence-corrected chi connectivity index (χ3v) is 5.18. The van der Waals surface area contributed by atoms with Gasteiger partial charge in [-0.25, -0.2) is 0 Å². The number of likely N-dealkylation sites (tertiary alicyclic amines) is 1. The molecule has 0 radical (unpaired) electrons. The number of hydrogen-bond acceptors (Lipinski definition) is 5. The number of carbonyl (C=O) groups excluding carboxylic acids is 2. The van der Waals surface area contributed by atoms with Crippen molar-refractivity contribution in [2.75, 3.05) is 13.2 Å². The zero-order valence-electron chi connectivity index (χ0n) is 16.3. The van der Waals surface area contributed by atoms with E-state index in [1.165, 1.54) is 4.90 Å². The number of Topliss-reactive ketones (excluding diaryl/α,β-unsaturated/α-hetero) is 1. The molecule has 1 atom stereocenters. The minimum absolute atomic E-state index is 0.0788. The van der Waals surface area contributed by atoms with Crippen LogP contribution in [0.4, 0.5) is 0 Å². The van der Waals surface area contributed by atoms with Crippen molar-refractivity contribution < 1.29 is 19.4 Å². The Bertz CT molecular complexity index is 910. The number of carbonyl (C=O) groups is 2. The van der Waals surface area contributed by atoms with Gasteiger partial charge >= 0.3 is 0 Å². The number of nitrogens with zero attached hydrogens (tertiary/aromatic N) is 2. The number of aliphatic hydroxyl groups is 1. The van der Waals surface area contributed by atoms with Gasteiger partial charge in [0.15, 0.2) is 0 Å². The molecular formula is C22H23BrN2O4. The summed E-state index contributed by atoms with van der Waals surface area (Å²) in [5.74, 6) is -1.50. The van der Waals surface area contributed by atoms with Crippen LogP contribution in [-0.4, -0.2) is 45.9 Å². The van der Waals surface area contributed by atoms with Gasteiger partial charge in [-0.05, 0) is 44.0 Å². The molecule has 1 aromatic carbocycles.